The first-order chi connectivity index (χ1) is 11.7. The Morgan fingerprint density at radius 1 is 1.17 bits per heavy atom. The number of ether oxygens (including phenoxy) is 1. The van der Waals surface area contributed by atoms with E-state index in [1.54, 1.807) is 0 Å². The first-order valence-electron chi connectivity index (χ1n) is 8.23. The molecule has 1 fully saturated rings. The minimum Gasteiger partial charge on any atom is -0.365 e. The van der Waals surface area contributed by atoms with Crippen molar-refractivity contribution in [1.29, 1.82) is 0 Å². The Kier molecular flexibility index (Phi) is 6.01. The SMILES string of the molecule is O=C(NC[C@H]1C[NH+](Cc2ccccc2)CCO1)c1ccc(Br)cc1. The topological polar surface area (TPSA) is 42.8 Å². The van der Waals surface area contributed by atoms with E-state index >= 15 is 0 Å². The molecular formula is C19H22BrN2O2+. The Balaban J connectivity index is 1.48. The molecule has 3 rings (SSSR count). The van der Waals surface area contributed by atoms with Gasteiger partial charge in [-0.2, -0.15) is 0 Å². The number of hydrogen-bond acceptors (Lipinski definition) is 2. The van der Waals surface area contributed by atoms with Gasteiger partial charge in [-0.3, -0.25) is 4.79 Å². The summed E-state index contributed by atoms with van der Waals surface area (Å²) in [6, 6.07) is 17.9. The number of morpholine rings is 1. The molecule has 0 radical (unpaired) electrons. The molecule has 2 N–H and O–H groups in total. The van der Waals surface area contributed by atoms with Crippen molar-refractivity contribution >= 4 is 21.8 Å². The predicted octanol–water partition coefficient (Wildman–Crippen LogP) is 1.66. The number of hydrogen-bond donors (Lipinski definition) is 2. The van der Waals surface area contributed by atoms with Gasteiger partial charge in [0.2, 0.25) is 0 Å². The summed E-state index contributed by atoms with van der Waals surface area (Å²) < 4.78 is 6.78. The average molecular weight is 390 g/mol. The molecule has 1 unspecified atom stereocenters. The quantitative estimate of drug-likeness (QED) is 0.816. The van der Waals surface area contributed by atoms with E-state index in [1.807, 2.05) is 30.3 Å². The van der Waals surface area contributed by atoms with Gasteiger partial charge in [0, 0.05) is 22.1 Å². The Morgan fingerprint density at radius 3 is 2.67 bits per heavy atom. The van der Waals surface area contributed by atoms with Crippen LogP contribution in [0.5, 0.6) is 0 Å². The standard InChI is InChI=1S/C19H21BrN2O2/c20-17-8-6-16(7-9-17)19(23)21-12-18-14-22(10-11-24-18)13-15-4-2-1-3-5-15/h1-9,18H,10-14H2,(H,21,23)/p+1/t18-/m0/s1. The Bertz CT molecular complexity index is 661. The summed E-state index contributed by atoms with van der Waals surface area (Å²) in [5.41, 5.74) is 2.01. The number of carbonyl (C=O) groups is 1. The number of benzene rings is 2. The molecule has 0 aromatic heterocycles. The molecule has 1 saturated heterocycles. The van der Waals surface area contributed by atoms with Gasteiger partial charge in [0.25, 0.3) is 5.91 Å². The predicted molar refractivity (Wildman–Crippen MR) is 97.1 cm³/mol. The van der Waals surface area contributed by atoms with Crippen molar-refractivity contribution in [1.82, 2.24) is 5.32 Å². The third-order valence-corrected chi connectivity index (χ3v) is 4.75. The van der Waals surface area contributed by atoms with Crippen molar-refractivity contribution in [3.63, 3.8) is 0 Å². The molecular weight excluding hydrogens is 368 g/mol. The van der Waals surface area contributed by atoms with Crippen LogP contribution >= 0.6 is 15.9 Å². The summed E-state index contributed by atoms with van der Waals surface area (Å²) in [5, 5.41) is 2.98. The maximum Gasteiger partial charge on any atom is 0.251 e. The van der Waals surface area contributed by atoms with Gasteiger partial charge in [-0.25, -0.2) is 0 Å². The monoisotopic (exact) mass is 389 g/mol. The molecule has 1 aliphatic heterocycles. The van der Waals surface area contributed by atoms with Gasteiger partial charge in [-0.15, -0.1) is 0 Å². The Labute approximate surface area is 150 Å². The lowest BCUT2D eigenvalue weighted by Crippen LogP contribution is -3.13. The van der Waals surface area contributed by atoms with E-state index in [0.29, 0.717) is 12.1 Å². The number of amides is 1. The van der Waals surface area contributed by atoms with E-state index in [0.717, 1.165) is 30.7 Å². The molecule has 2 aromatic rings. The normalized spacial score (nSPS) is 20.5. The highest BCUT2D eigenvalue weighted by molar-refractivity contribution is 9.10. The van der Waals surface area contributed by atoms with Gasteiger partial charge >= 0.3 is 0 Å². The fraction of sp³-hybridized carbons (Fsp3) is 0.316. The summed E-state index contributed by atoms with van der Waals surface area (Å²) in [5.74, 6) is -0.0544. The molecule has 0 bridgehead atoms. The van der Waals surface area contributed by atoms with Gasteiger partial charge in [0.05, 0.1) is 6.61 Å². The van der Waals surface area contributed by atoms with Crippen LogP contribution in [0.15, 0.2) is 59.1 Å². The second-order valence-electron chi connectivity index (χ2n) is 6.08. The van der Waals surface area contributed by atoms with E-state index in [-0.39, 0.29) is 12.0 Å². The van der Waals surface area contributed by atoms with E-state index < -0.39 is 0 Å². The average Bonchev–Trinajstić information content (AvgIpc) is 2.61. The minimum atomic E-state index is -0.0544. The third kappa shape index (κ3) is 4.90. The van der Waals surface area contributed by atoms with Gasteiger partial charge < -0.3 is 15.0 Å². The summed E-state index contributed by atoms with van der Waals surface area (Å²) in [4.78, 5) is 13.7. The number of nitrogens with one attached hydrogen (secondary N) is 2. The van der Waals surface area contributed by atoms with E-state index in [9.17, 15) is 4.79 Å². The highest BCUT2D eigenvalue weighted by Gasteiger charge is 2.24. The highest BCUT2D eigenvalue weighted by atomic mass is 79.9. The smallest absolute Gasteiger partial charge is 0.251 e. The second kappa shape index (κ2) is 8.42. The van der Waals surface area contributed by atoms with E-state index in [2.05, 4.69) is 45.5 Å². The van der Waals surface area contributed by atoms with Gasteiger partial charge in [0.15, 0.2) is 0 Å². The number of halogens is 1. The van der Waals surface area contributed by atoms with Crippen molar-refractivity contribution < 1.29 is 14.4 Å². The van der Waals surface area contributed by atoms with E-state index in [1.165, 1.54) is 10.5 Å². The maximum atomic E-state index is 12.2. The summed E-state index contributed by atoms with van der Waals surface area (Å²) in [7, 11) is 0. The van der Waals surface area contributed by atoms with E-state index in [4.69, 9.17) is 4.74 Å². The molecule has 24 heavy (non-hydrogen) atoms. The second-order valence-corrected chi connectivity index (χ2v) is 6.99. The number of carbonyl (C=O) groups excluding carboxylic acids is 1. The maximum absolute atomic E-state index is 12.2. The summed E-state index contributed by atoms with van der Waals surface area (Å²) in [6.07, 6.45) is 0.0665. The molecule has 1 amide bonds. The van der Waals surface area contributed by atoms with Crippen molar-refractivity contribution in [2.75, 3.05) is 26.2 Å². The van der Waals surface area contributed by atoms with Crippen LogP contribution < -0.4 is 10.2 Å². The molecule has 4 nitrogen and oxygen atoms in total. The van der Waals surface area contributed by atoms with Crippen LogP contribution in [0.2, 0.25) is 0 Å². The molecule has 5 heteroatoms. The molecule has 0 aliphatic carbocycles. The van der Waals surface area contributed by atoms with Crippen LogP contribution in [0, 0.1) is 0 Å². The summed E-state index contributed by atoms with van der Waals surface area (Å²) in [6.45, 7) is 4.21. The zero-order valence-electron chi connectivity index (χ0n) is 13.5. The Morgan fingerprint density at radius 2 is 1.92 bits per heavy atom. The summed E-state index contributed by atoms with van der Waals surface area (Å²) >= 11 is 3.38. The lowest BCUT2D eigenvalue weighted by atomic mass is 10.2. The van der Waals surface area contributed by atoms with Crippen LogP contribution in [-0.4, -0.2) is 38.3 Å². The molecule has 126 valence electrons. The van der Waals surface area contributed by atoms with Crippen molar-refractivity contribution in [3.05, 3.63) is 70.2 Å². The van der Waals surface area contributed by atoms with Crippen LogP contribution in [0.3, 0.4) is 0 Å². The van der Waals surface area contributed by atoms with Crippen molar-refractivity contribution in [2.45, 2.75) is 12.6 Å². The third-order valence-electron chi connectivity index (χ3n) is 4.22. The van der Waals surface area contributed by atoms with Gasteiger partial charge in [-0.1, -0.05) is 46.3 Å². The van der Waals surface area contributed by atoms with Gasteiger partial charge in [-0.05, 0) is 24.3 Å². The van der Waals surface area contributed by atoms with Crippen LogP contribution in [0.4, 0.5) is 0 Å². The number of quaternary nitrogens is 1. The van der Waals surface area contributed by atoms with Crippen LogP contribution in [0.1, 0.15) is 15.9 Å². The Hall–Kier alpha value is -1.69. The molecule has 0 saturated carbocycles. The fourth-order valence-corrected chi connectivity index (χ4v) is 3.20. The first kappa shape index (κ1) is 17.1. The highest BCUT2D eigenvalue weighted by Crippen LogP contribution is 2.10. The largest absolute Gasteiger partial charge is 0.365 e. The fourth-order valence-electron chi connectivity index (χ4n) is 2.94. The first-order valence-corrected chi connectivity index (χ1v) is 9.03. The zero-order chi connectivity index (χ0) is 16.8. The molecule has 0 spiro atoms. The van der Waals surface area contributed by atoms with Crippen LogP contribution in [0.25, 0.3) is 0 Å². The molecule has 2 atom stereocenters. The minimum absolute atomic E-state index is 0.0544. The van der Waals surface area contributed by atoms with Crippen molar-refractivity contribution in [2.24, 2.45) is 0 Å². The number of rotatable bonds is 5. The molecule has 1 heterocycles. The zero-order valence-corrected chi connectivity index (χ0v) is 15.1. The lowest BCUT2D eigenvalue weighted by molar-refractivity contribution is -0.925. The lowest BCUT2D eigenvalue weighted by Gasteiger charge is -2.30. The van der Waals surface area contributed by atoms with Gasteiger partial charge in [0.1, 0.15) is 25.7 Å². The van der Waals surface area contributed by atoms with Crippen LogP contribution in [-0.2, 0) is 11.3 Å². The van der Waals surface area contributed by atoms with Crippen molar-refractivity contribution in [3.8, 4) is 0 Å². The molecule has 1 aliphatic rings. The molecule has 2 aromatic carbocycles.